The average molecular weight is 361 g/mol. The van der Waals surface area contributed by atoms with Crippen LogP contribution in [0.2, 0.25) is 0 Å². The summed E-state index contributed by atoms with van der Waals surface area (Å²) in [7, 11) is 1.69. The number of carbonyl (C=O) groups is 1. The number of oxazole rings is 1. The molecule has 1 amide bonds. The van der Waals surface area contributed by atoms with Crippen molar-refractivity contribution in [2.75, 3.05) is 24.5 Å². The SMILES string of the molecule is Cn1c(=O)oc2cc(N3CCN(C(=O)OC(C)(C)C)C(C)(C)C3)ccc21. The lowest BCUT2D eigenvalue weighted by atomic mass is 9.98. The number of aryl methyl sites for hydroxylation is 1. The van der Waals surface area contributed by atoms with E-state index in [1.54, 1.807) is 11.9 Å². The molecule has 0 atom stereocenters. The lowest BCUT2D eigenvalue weighted by Crippen LogP contribution is -2.61. The fraction of sp³-hybridized carbons (Fsp3) is 0.579. The van der Waals surface area contributed by atoms with Gasteiger partial charge in [-0.1, -0.05) is 0 Å². The van der Waals surface area contributed by atoms with Gasteiger partial charge in [0.05, 0.1) is 11.1 Å². The van der Waals surface area contributed by atoms with Gasteiger partial charge >= 0.3 is 11.8 Å². The Morgan fingerprint density at radius 3 is 2.54 bits per heavy atom. The Balaban J connectivity index is 1.81. The molecule has 0 N–H and O–H groups in total. The van der Waals surface area contributed by atoms with Crippen molar-refractivity contribution in [3.05, 3.63) is 28.7 Å². The molecule has 142 valence electrons. The fourth-order valence-corrected chi connectivity index (χ4v) is 3.35. The van der Waals surface area contributed by atoms with Crippen LogP contribution in [0.25, 0.3) is 11.1 Å². The number of aromatic nitrogens is 1. The molecule has 2 heterocycles. The Hall–Kier alpha value is -2.44. The van der Waals surface area contributed by atoms with Crippen molar-refractivity contribution in [3.63, 3.8) is 0 Å². The molecule has 3 rings (SSSR count). The topological polar surface area (TPSA) is 67.9 Å². The summed E-state index contributed by atoms with van der Waals surface area (Å²) in [4.78, 5) is 28.2. The maximum atomic E-state index is 12.5. The van der Waals surface area contributed by atoms with E-state index in [0.717, 1.165) is 11.2 Å². The highest BCUT2D eigenvalue weighted by Crippen LogP contribution is 2.29. The molecule has 0 saturated carbocycles. The number of hydrogen-bond donors (Lipinski definition) is 0. The van der Waals surface area contributed by atoms with Crippen molar-refractivity contribution in [2.24, 2.45) is 7.05 Å². The summed E-state index contributed by atoms with van der Waals surface area (Å²) >= 11 is 0. The van der Waals surface area contributed by atoms with Gasteiger partial charge in [-0.2, -0.15) is 0 Å². The Morgan fingerprint density at radius 1 is 1.23 bits per heavy atom. The van der Waals surface area contributed by atoms with E-state index in [2.05, 4.69) is 4.90 Å². The standard InChI is InChI=1S/C19H27N3O4/c1-18(2,3)26-17(24)22-10-9-21(12-19(22,4)5)13-7-8-14-15(11-13)25-16(23)20(14)6/h7-8,11H,9-10,12H2,1-6H3. The minimum atomic E-state index is -0.514. The molecule has 7 heteroatoms. The summed E-state index contributed by atoms with van der Waals surface area (Å²) in [5, 5.41) is 0. The molecule has 1 fully saturated rings. The van der Waals surface area contributed by atoms with E-state index in [0.29, 0.717) is 25.2 Å². The highest BCUT2D eigenvalue weighted by molar-refractivity contribution is 5.78. The molecule has 26 heavy (non-hydrogen) atoms. The number of ether oxygens (including phenoxy) is 1. The maximum Gasteiger partial charge on any atom is 0.419 e. The predicted octanol–water partition coefficient (Wildman–Crippen LogP) is 2.97. The summed E-state index contributed by atoms with van der Waals surface area (Å²) in [6.45, 7) is 11.6. The van der Waals surface area contributed by atoms with Crippen LogP contribution in [0.4, 0.5) is 10.5 Å². The third kappa shape index (κ3) is 3.43. The number of piperazine rings is 1. The van der Waals surface area contributed by atoms with E-state index in [9.17, 15) is 9.59 Å². The molecule has 7 nitrogen and oxygen atoms in total. The van der Waals surface area contributed by atoms with E-state index in [4.69, 9.17) is 9.15 Å². The number of benzene rings is 1. The first-order valence-corrected chi connectivity index (χ1v) is 8.83. The molecule has 1 aromatic carbocycles. The zero-order valence-electron chi connectivity index (χ0n) is 16.3. The molecule has 0 aliphatic carbocycles. The fourth-order valence-electron chi connectivity index (χ4n) is 3.35. The van der Waals surface area contributed by atoms with Crippen LogP contribution in [-0.4, -0.2) is 46.3 Å². The lowest BCUT2D eigenvalue weighted by Gasteiger charge is -2.47. The molecule has 0 bridgehead atoms. The summed E-state index contributed by atoms with van der Waals surface area (Å²) in [6.07, 6.45) is -0.286. The van der Waals surface area contributed by atoms with Crippen LogP contribution in [0.3, 0.4) is 0 Å². The second-order valence-corrected chi connectivity index (χ2v) is 8.44. The first-order chi connectivity index (χ1) is 12.0. The number of carbonyl (C=O) groups excluding carboxylic acids is 1. The molecular formula is C19H27N3O4. The summed E-state index contributed by atoms with van der Waals surface area (Å²) < 4.78 is 12.3. The third-order valence-electron chi connectivity index (χ3n) is 4.66. The smallest absolute Gasteiger partial charge is 0.419 e. The highest BCUT2D eigenvalue weighted by atomic mass is 16.6. The molecule has 1 aromatic heterocycles. The zero-order valence-corrected chi connectivity index (χ0v) is 16.3. The molecule has 1 aliphatic heterocycles. The molecule has 1 aliphatic rings. The zero-order chi connectivity index (χ0) is 19.3. The van der Waals surface area contributed by atoms with Gasteiger partial charge in [-0.3, -0.25) is 9.47 Å². The Bertz CT molecular complexity index is 888. The van der Waals surface area contributed by atoms with Crippen LogP contribution >= 0.6 is 0 Å². The van der Waals surface area contributed by atoms with Crippen molar-refractivity contribution in [2.45, 2.75) is 45.8 Å². The number of hydrogen-bond acceptors (Lipinski definition) is 5. The maximum absolute atomic E-state index is 12.5. The molecule has 0 radical (unpaired) electrons. The van der Waals surface area contributed by atoms with Crippen molar-refractivity contribution < 1.29 is 13.9 Å². The molecule has 0 unspecified atom stereocenters. The number of amides is 1. The Kier molecular flexibility index (Phi) is 4.29. The van der Waals surface area contributed by atoms with E-state index in [1.807, 2.05) is 52.8 Å². The number of rotatable bonds is 1. The second kappa shape index (κ2) is 6.07. The minimum absolute atomic E-state index is 0.286. The van der Waals surface area contributed by atoms with Gasteiger partial charge in [-0.05, 0) is 46.8 Å². The average Bonchev–Trinajstić information content (AvgIpc) is 2.78. The lowest BCUT2D eigenvalue weighted by molar-refractivity contribution is 0.000377. The molecule has 0 spiro atoms. The number of fused-ring (bicyclic) bond motifs is 1. The van der Waals surface area contributed by atoms with E-state index in [1.165, 1.54) is 4.57 Å². The number of anilines is 1. The van der Waals surface area contributed by atoms with Gasteiger partial charge < -0.3 is 14.1 Å². The molecular weight excluding hydrogens is 334 g/mol. The van der Waals surface area contributed by atoms with E-state index >= 15 is 0 Å². The first kappa shape index (κ1) is 18.4. The number of nitrogens with zero attached hydrogens (tertiary/aromatic N) is 3. The van der Waals surface area contributed by atoms with Gasteiger partial charge in [0, 0.05) is 38.4 Å². The van der Waals surface area contributed by atoms with Crippen LogP contribution in [-0.2, 0) is 11.8 Å². The van der Waals surface area contributed by atoms with Crippen molar-refractivity contribution in [1.29, 1.82) is 0 Å². The quantitative estimate of drug-likeness (QED) is 0.781. The van der Waals surface area contributed by atoms with Gasteiger partial charge in [-0.15, -0.1) is 0 Å². The van der Waals surface area contributed by atoms with Crippen LogP contribution in [0.5, 0.6) is 0 Å². The molecule has 1 saturated heterocycles. The van der Waals surface area contributed by atoms with Gasteiger partial charge in [0.25, 0.3) is 0 Å². The molecule has 2 aromatic rings. The van der Waals surface area contributed by atoms with Gasteiger partial charge in [0.2, 0.25) is 0 Å². The van der Waals surface area contributed by atoms with Crippen LogP contribution < -0.4 is 10.7 Å². The van der Waals surface area contributed by atoms with E-state index in [-0.39, 0.29) is 17.4 Å². The Labute approximate surface area is 153 Å². The van der Waals surface area contributed by atoms with Gasteiger partial charge in [0.15, 0.2) is 5.58 Å². The minimum Gasteiger partial charge on any atom is -0.444 e. The van der Waals surface area contributed by atoms with Gasteiger partial charge in [-0.25, -0.2) is 9.59 Å². The van der Waals surface area contributed by atoms with Crippen LogP contribution in [0, 0.1) is 0 Å². The van der Waals surface area contributed by atoms with Crippen LogP contribution in [0.1, 0.15) is 34.6 Å². The summed E-state index contributed by atoms with van der Waals surface area (Å²) in [6, 6.07) is 5.76. The van der Waals surface area contributed by atoms with Crippen LogP contribution in [0.15, 0.2) is 27.4 Å². The van der Waals surface area contributed by atoms with Crippen molar-refractivity contribution >= 4 is 22.9 Å². The normalized spacial score (nSPS) is 17.6. The highest BCUT2D eigenvalue weighted by Gasteiger charge is 2.39. The van der Waals surface area contributed by atoms with Crippen molar-refractivity contribution in [3.8, 4) is 0 Å². The first-order valence-electron chi connectivity index (χ1n) is 8.83. The predicted molar refractivity (Wildman–Crippen MR) is 101 cm³/mol. The third-order valence-corrected chi connectivity index (χ3v) is 4.66. The second-order valence-electron chi connectivity index (χ2n) is 8.44. The van der Waals surface area contributed by atoms with Crippen molar-refractivity contribution in [1.82, 2.24) is 9.47 Å². The summed E-state index contributed by atoms with van der Waals surface area (Å²) in [5.74, 6) is -0.368. The van der Waals surface area contributed by atoms with Gasteiger partial charge in [0.1, 0.15) is 5.60 Å². The van der Waals surface area contributed by atoms with E-state index < -0.39 is 5.60 Å². The summed E-state index contributed by atoms with van der Waals surface area (Å²) in [5.41, 5.74) is 1.42. The monoisotopic (exact) mass is 361 g/mol. The largest absolute Gasteiger partial charge is 0.444 e. The Morgan fingerprint density at radius 2 is 1.92 bits per heavy atom.